The largest absolute Gasteiger partial charge is 0.490 e. The zero-order valence-corrected chi connectivity index (χ0v) is 16.9. The fraction of sp³-hybridized carbons (Fsp3) is 0.292. The number of β-amino-alcohol motifs (C(OH)–C–C–N with tert-alkyl or cyclic N) is 1. The smallest absolute Gasteiger partial charge is 0.128 e. The van der Waals surface area contributed by atoms with Crippen LogP contribution in [-0.4, -0.2) is 39.9 Å². The van der Waals surface area contributed by atoms with Gasteiger partial charge in [0.05, 0.1) is 5.52 Å². The minimum absolute atomic E-state index is 0.157. The maximum absolute atomic E-state index is 10.4. The van der Waals surface area contributed by atoms with Gasteiger partial charge in [-0.2, -0.15) is 0 Å². The number of aliphatic hydroxyl groups is 1. The lowest BCUT2D eigenvalue weighted by Crippen LogP contribution is -2.46. The first kappa shape index (κ1) is 19.4. The highest BCUT2D eigenvalue weighted by Gasteiger charge is 2.21. The molecule has 0 radical (unpaired) electrons. The summed E-state index contributed by atoms with van der Waals surface area (Å²) in [5, 5.41) is 16.1. The van der Waals surface area contributed by atoms with E-state index in [9.17, 15) is 5.11 Å². The molecule has 0 aliphatic carbocycles. The van der Waals surface area contributed by atoms with E-state index < -0.39 is 6.10 Å². The Hall–Kier alpha value is -2.89. The van der Waals surface area contributed by atoms with E-state index in [-0.39, 0.29) is 12.1 Å². The van der Waals surface area contributed by atoms with Crippen molar-refractivity contribution in [2.75, 3.05) is 13.2 Å². The number of aromatic amines is 1. The van der Waals surface area contributed by atoms with Crippen LogP contribution in [0, 0.1) is 0 Å². The number of rotatable bonds is 8. The van der Waals surface area contributed by atoms with Crippen molar-refractivity contribution in [3.8, 4) is 5.75 Å². The van der Waals surface area contributed by atoms with Crippen LogP contribution in [0.1, 0.15) is 19.4 Å². The monoisotopic (exact) mass is 389 g/mol. The van der Waals surface area contributed by atoms with Gasteiger partial charge in [-0.15, -0.1) is 0 Å². The van der Waals surface area contributed by atoms with Crippen molar-refractivity contribution in [2.24, 2.45) is 0 Å². The van der Waals surface area contributed by atoms with Crippen LogP contribution in [0.5, 0.6) is 5.75 Å². The maximum atomic E-state index is 10.4. The third kappa shape index (κ3) is 4.58. The lowest BCUT2D eigenvalue weighted by Gasteiger charge is -2.28. The van der Waals surface area contributed by atoms with Gasteiger partial charge < -0.3 is 20.1 Å². The van der Waals surface area contributed by atoms with E-state index in [1.165, 1.54) is 10.9 Å². The second-order valence-electron chi connectivity index (χ2n) is 8.09. The van der Waals surface area contributed by atoms with Crippen LogP contribution < -0.4 is 10.1 Å². The van der Waals surface area contributed by atoms with Crippen molar-refractivity contribution in [1.29, 1.82) is 0 Å². The van der Waals surface area contributed by atoms with Gasteiger partial charge in [0.2, 0.25) is 0 Å². The minimum Gasteiger partial charge on any atom is -0.490 e. The van der Waals surface area contributed by atoms with Gasteiger partial charge in [-0.3, -0.25) is 4.98 Å². The van der Waals surface area contributed by atoms with Crippen LogP contribution >= 0.6 is 0 Å². The van der Waals surface area contributed by atoms with Gasteiger partial charge in [-0.1, -0.05) is 24.3 Å². The molecular formula is C24H27N3O2. The molecule has 1 atom stereocenters. The molecule has 2 aromatic carbocycles. The Bertz CT molecular complexity index is 1100. The Morgan fingerprint density at radius 1 is 1.07 bits per heavy atom. The van der Waals surface area contributed by atoms with Crippen molar-refractivity contribution in [1.82, 2.24) is 15.3 Å². The molecule has 0 saturated carbocycles. The Kier molecular flexibility index (Phi) is 5.51. The molecule has 2 heterocycles. The molecule has 3 N–H and O–H groups in total. The van der Waals surface area contributed by atoms with Crippen LogP contribution in [0.2, 0.25) is 0 Å². The lowest BCUT2D eigenvalue weighted by molar-refractivity contribution is 0.0996. The normalized spacial score (nSPS) is 13.1. The zero-order valence-electron chi connectivity index (χ0n) is 16.9. The molecule has 4 aromatic rings. The van der Waals surface area contributed by atoms with E-state index in [1.807, 2.05) is 36.4 Å². The number of aliphatic hydroxyl groups excluding tert-OH is 1. The number of hydrogen-bond acceptors (Lipinski definition) is 4. The second-order valence-corrected chi connectivity index (χ2v) is 8.09. The molecule has 5 heteroatoms. The molecule has 150 valence electrons. The van der Waals surface area contributed by atoms with Gasteiger partial charge >= 0.3 is 0 Å². The number of benzene rings is 2. The molecule has 0 fully saturated rings. The van der Waals surface area contributed by atoms with E-state index >= 15 is 0 Å². The predicted molar refractivity (Wildman–Crippen MR) is 117 cm³/mol. The highest BCUT2D eigenvalue weighted by atomic mass is 16.5. The molecule has 0 spiro atoms. The maximum Gasteiger partial charge on any atom is 0.128 e. The molecule has 0 unspecified atom stereocenters. The van der Waals surface area contributed by atoms with Crippen LogP contribution in [0.25, 0.3) is 21.8 Å². The summed E-state index contributed by atoms with van der Waals surface area (Å²) in [6.07, 6.45) is 4.09. The van der Waals surface area contributed by atoms with Crippen molar-refractivity contribution in [2.45, 2.75) is 31.9 Å². The van der Waals surface area contributed by atoms with E-state index in [0.717, 1.165) is 28.6 Å². The van der Waals surface area contributed by atoms with Gasteiger partial charge in [-0.05, 0) is 56.2 Å². The number of para-hydroxylation sites is 1. The Labute approximate surface area is 170 Å². The van der Waals surface area contributed by atoms with Gasteiger partial charge in [0.25, 0.3) is 0 Å². The average molecular weight is 389 g/mol. The summed E-state index contributed by atoms with van der Waals surface area (Å²) in [7, 11) is 0. The van der Waals surface area contributed by atoms with Crippen molar-refractivity contribution in [3.63, 3.8) is 0 Å². The molecule has 0 saturated heterocycles. The van der Waals surface area contributed by atoms with Gasteiger partial charge in [-0.25, -0.2) is 0 Å². The molecule has 2 aromatic heterocycles. The van der Waals surface area contributed by atoms with Crippen LogP contribution in [0.4, 0.5) is 0 Å². The molecule has 4 rings (SSSR count). The van der Waals surface area contributed by atoms with E-state index in [0.29, 0.717) is 6.54 Å². The van der Waals surface area contributed by atoms with Crippen molar-refractivity contribution >= 4 is 21.8 Å². The highest BCUT2D eigenvalue weighted by Crippen LogP contribution is 2.24. The number of fused-ring (bicyclic) bond motifs is 2. The summed E-state index contributed by atoms with van der Waals surface area (Å²) >= 11 is 0. The quantitative estimate of drug-likeness (QED) is 0.425. The van der Waals surface area contributed by atoms with Gasteiger partial charge in [0.1, 0.15) is 18.5 Å². The van der Waals surface area contributed by atoms with E-state index in [2.05, 4.69) is 53.5 Å². The molecule has 0 aliphatic rings. The number of ether oxygens (including phenoxy) is 1. The highest BCUT2D eigenvalue weighted by molar-refractivity contribution is 5.85. The fourth-order valence-corrected chi connectivity index (χ4v) is 3.66. The van der Waals surface area contributed by atoms with Crippen LogP contribution in [-0.2, 0) is 6.42 Å². The Morgan fingerprint density at radius 2 is 1.90 bits per heavy atom. The fourth-order valence-electron chi connectivity index (χ4n) is 3.66. The first-order chi connectivity index (χ1) is 14.0. The molecule has 0 bridgehead atoms. The summed E-state index contributed by atoms with van der Waals surface area (Å²) < 4.78 is 5.87. The number of H-pyrrole nitrogens is 1. The molecular weight excluding hydrogens is 362 g/mol. The lowest BCUT2D eigenvalue weighted by atomic mass is 9.94. The third-order valence-electron chi connectivity index (χ3n) is 5.16. The summed E-state index contributed by atoms with van der Waals surface area (Å²) in [5.41, 5.74) is 3.15. The van der Waals surface area contributed by atoms with E-state index in [1.54, 1.807) is 6.20 Å². The standard InChI is InChI=1S/C24H27N3O2/c1-24(2,13-17-14-26-21-9-4-3-7-19(17)21)27-15-18(28)16-29-23-11-5-10-22-20(23)8-6-12-25-22/h3-12,14,18,26-28H,13,15-16H2,1-2H3/t18-/m0/s1. The minimum atomic E-state index is -0.607. The summed E-state index contributed by atoms with van der Waals surface area (Å²) in [4.78, 5) is 7.66. The van der Waals surface area contributed by atoms with Crippen LogP contribution in [0.3, 0.4) is 0 Å². The second kappa shape index (κ2) is 8.23. The Balaban J connectivity index is 1.33. The third-order valence-corrected chi connectivity index (χ3v) is 5.16. The molecule has 0 aliphatic heterocycles. The topological polar surface area (TPSA) is 70.2 Å². The number of hydrogen-bond donors (Lipinski definition) is 3. The van der Waals surface area contributed by atoms with Crippen LogP contribution in [0.15, 0.2) is 67.0 Å². The number of pyridine rings is 1. The van der Waals surface area contributed by atoms with Gasteiger partial charge in [0, 0.05) is 40.8 Å². The first-order valence-corrected chi connectivity index (χ1v) is 9.96. The predicted octanol–water partition coefficient (Wildman–Crippen LogP) is 4.07. The SMILES string of the molecule is CC(C)(Cc1c[nH]c2ccccc12)NC[C@H](O)COc1cccc2ncccc12. The number of nitrogens with zero attached hydrogens (tertiary/aromatic N) is 1. The average Bonchev–Trinajstić information content (AvgIpc) is 3.13. The summed E-state index contributed by atoms with van der Waals surface area (Å²) in [5.74, 6) is 0.743. The molecule has 29 heavy (non-hydrogen) atoms. The van der Waals surface area contributed by atoms with Crippen molar-refractivity contribution < 1.29 is 9.84 Å². The van der Waals surface area contributed by atoms with E-state index in [4.69, 9.17) is 4.74 Å². The number of aromatic nitrogens is 2. The van der Waals surface area contributed by atoms with Gasteiger partial charge in [0.15, 0.2) is 0 Å². The van der Waals surface area contributed by atoms with Crippen molar-refractivity contribution in [3.05, 3.63) is 72.6 Å². The summed E-state index contributed by atoms with van der Waals surface area (Å²) in [6.45, 7) is 4.99. The molecule has 0 amide bonds. The Morgan fingerprint density at radius 3 is 2.79 bits per heavy atom. The number of nitrogens with one attached hydrogen (secondary N) is 2. The molecule has 5 nitrogen and oxygen atoms in total. The summed E-state index contributed by atoms with van der Waals surface area (Å²) in [6, 6.07) is 18.0. The first-order valence-electron chi connectivity index (χ1n) is 9.96. The zero-order chi connectivity index (χ0) is 20.3.